The Balaban J connectivity index is 1.86. The third kappa shape index (κ3) is 4.07. The Morgan fingerprint density at radius 3 is 2.40 bits per heavy atom. The van der Waals surface area contributed by atoms with E-state index >= 15 is 0 Å². The van der Waals surface area contributed by atoms with Gasteiger partial charge in [0.05, 0.1) is 4.90 Å². The van der Waals surface area contributed by atoms with Crippen LogP contribution in [0.1, 0.15) is 52.0 Å². The first kappa shape index (κ1) is 19.2. The summed E-state index contributed by atoms with van der Waals surface area (Å²) >= 11 is 4.60. The zero-order valence-corrected chi connectivity index (χ0v) is 17.1. The van der Waals surface area contributed by atoms with Crippen LogP contribution in [0, 0.1) is 0 Å². The van der Waals surface area contributed by atoms with Crippen LogP contribution in [0.25, 0.3) is 0 Å². The van der Waals surface area contributed by atoms with Crippen LogP contribution in [-0.4, -0.2) is 43.1 Å². The Bertz CT molecular complexity index is 689. The molecular weight excluding hydrogens is 352 g/mol. The summed E-state index contributed by atoms with van der Waals surface area (Å²) < 4.78 is 28.2. The van der Waals surface area contributed by atoms with Gasteiger partial charge in [-0.1, -0.05) is 39.3 Å². The summed E-state index contributed by atoms with van der Waals surface area (Å²) in [4.78, 5) is 0.392. The summed E-state index contributed by atoms with van der Waals surface area (Å²) in [7, 11) is -3.49. The van der Waals surface area contributed by atoms with Crippen LogP contribution in [0.4, 0.5) is 0 Å². The van der Waals surface area contributed by atoms with Crippen molar-refractivity contribution in [2.75, 3.05) is 13.1 Å². The third-order valence-corrected chi connectivity index (χ3v) is 7.69. The molecule has 0 spiro atoms. The fourth-order valence-corrected chi connectivity index (χ4v) is 6.14. The SMILES string of the molecule is CC(C)(C)c1ccc(S(=O)(=O)N2C[C@@H](S)CC2[C@@H]2CCCCN2)cc1. The van der Waals surface area contributed by atoms with E-state index in [0.29, 0.717) is 11.4 Å². The van der Waals surface area contributed by atoms with Crippen molar-refractivity contribution in [2.45, 2.75) is 74.1 Å². The van der Waals surface area contributed by atoms with E-state index in [1.54, 1.807) is 16.4 Å². The molecular formula is C19H30N2O2S2. The van der Waals surface area contributed by atoms with Crippen LogP contribution in [0.2, 0.25) is 0 Å². The van der Waals surface area contributed by atoms with Gasteiger partial charge in [-0.3, -0.25) is 0 Å². The van der Waals surface area contributed by atoms with E-state index in [1.165, 1.54) is 12.8 Å². The lowest BCUT2D eigenvalue weighted by atomic mass is 9.87. The molecule has 1 unspecified atom stereocenters. The second-order valence-corrected chi connectivity index (χ2v) is 11.0. The number of rotatable bonds is 3. The largest absolute Gasteiger partial charge is 0.312 e. The number of thiol groups is 1. The Morgan fingerprint density at radius 1 is 1.16 bits per heavy atom. The minimum absolute atomic E-state index is 0.00935. The average Bonchev–Trinajstić information content (AvgIpc) is 2.98. The smallest absolute Gasteiger partial charge is 0.243 e. The predicted molar refractivity (Wildman–Crippen MR) is 106 cm³/mol. The maximum Gasteiger partial charge on any atom is 0.243 e. The van der Waals surface area contributed by atoms with Crippen molar-refractivity contribution >= 4 is 22.7 Å². The van der Waals surface area contributed by atoms with E-state index in [4.69, 9.17) is 0 Å². The highest BCUT2D eigenvalue weighted by molar-refractivity contribution is 7.89. The number of nitrogens with one attached hydrogen (secondary N) is 1. The number of benzene rings is 1. The predicted octanol–water partition coefficient (Wildman–Crippen LogP) is 3.19. The average molecular weight is 383 g/mol. The summed E-state index contributed by atoms with van der Waals surface area (Å²) in [6.45, 7) is 7.87. The van der Waals surface area contributed by atoms with E-state index in [9.17, 15) is 8.42 Å². The Labute approximate surface area is 157 Å². The minimum atomic E-state index is -3.49. The van der Waals surface area contributed by atoms with Gasteiger partial charge in [0.15, 0.2) is 0 Å². The molecule has 140 valence electrons. The molecule has 3 atom stereocenters. The minimum Gasteiger partial charge on any atom is -0.312 e. The molecule has 3 rings (SSSR count). The van der Waals surface area contributed by atoms with Gasteiger partial charge in [0.2, 0.25) is 10.0 Å². The molecule has 0 aliphatic carbocycles. The Morgan fingerprint density at radius 2 is 1.84 bits per heavy atom. The second-order valence-electron chi connectivity index (χ2n) is 8.36. The molecule has 1 aromatic carbocycles. The van der Waals surface area contributed by atoms with Gasteiger partial charge in [0, 0.05) is 23.9 Å². The number of nitrogens with zero attached hydrogens (tertiary/aromatic N) is 1. The van der Waals surface area contributed by atoms with Crippen molar-refractivity contribution in [3.63, 3.8) is 0 Å². The summed E-state index contributed by atoms with van der Waals surface area (Å²) in [6, 6.07) is 7.65. The fraction of sp³-hybridized carbons (Fsp3) is 0.684. The van der Waals surface area contributed by atoms with Gasteiger partial charge in [0.25, 0.3) is 0 Å². The second kappa shape index (κ2) is 7.22. The first-order chi connectivity index (χ1) is 11.7. The van der Waals surface area contributed by atoms with Gasteiger partial charge in [-0.15, -0.1) is 0 Å². The quantitative estimate of drug-likeness (QED) is 0.790. The van der Waals surface area contributed by atoms with E-state index in [0.717, 1.165) is 24.9 Å². The molecule has 2 saturated heterocycles. The van der Waals surface area contributed by atoms with E-state index < -0.39 is 10.0 Å². The van der Waals surface area contributed by atoms with E-state index in [-0.39, 0.29) is 22.7 Å². The van der Waals surface area contributed by atoms with Gasteiger partial charge < -0.3 is 5.32 Å². The summed E-state index contributed by atoms with van der Waals surface area (Å²) in [5.74, 6) is 0. The van der Waals surface area contributed by atoms with Crippen LogP contribution in [0.3, 0.4) is 0 Å². The standard InChI is InChI=1S/C19H30N2O2S2/c1-19(2,3)14-7-9-16(10-8-14)25(22,23)21-13-15(24)12-18(21)17-6-4-5-11-20-17/h7-10,15,17-18,20,24H,4-6,11-13H2,1-3H3/t15-,17-,18?/m0/s1. The summed E-state index contributed by atoms with van der Waals surface area (Å²) in [6.07, 6.45) is 4.20. The lowest BCUT2D eigenvalue weighted by Crippen LogP contribution is -2.50. The van der Waals surface area contributed by atoms with Crippen molar-refractivity contribution in [1.29, 1.82) is 0 Å². The summed E-state index contributed by atoms with van der Waals surface area (Å²) in [5, 5.41) is 3.63. The number of hydrogen-bond acceptors (Lipinski definition) is 4. The fourth-order valence-electron chi connectivity index (χ4n) is 3.92. The van der Waals surface area contributed by atoms with E-state index in [2.05, 4.69) is 38.7 Å². The first-order valence-electron chi connectivity index (χ1n) is 9.23. The Kier molecular flexibility index (Phi) is 5.55. The van der Waals surface area contributed by atoms with Crippen LogP contribution in [-0.2, 0) is 15.4 Å². The lowest BCUT2D eigenvalue weighted by molar-refractivity contribution is 0.264. The molecule has 2 aliphatic rings. The third-order valence-electron chi connectivity index (χ3n) is 5.41. The molecule has 4 nitrogen and oxygen atoms in total. The normalized spacial score (nSPS) is 29.0. The highest BCUT2D eigenvalue weighted by atomic mass is 32.2. The molecule has 1 N–H and O–H groups in total. The molecule has 0 bridgehead atoms. The van der Waals surface area contributed by atoms with Crippen molar-refractivity contribution in [1.82, 2.24) is 9.62 Å². The van der Waals surface area contributed by atoms with Crippen molar-refractivity contribution in [3.8, 4) is 0 Å². The van der Waals surface area contributed by atoms with Crippen molar-refractivity contribution in [3.05, 3.63) is 29.8 Å². The summed E-state index contributed by atoms with van der Waals surface area (Å²) in [5.41, 5.74) is 1.16. The van der Waals surface area contributed by atoms with Gasteiger partial charge in [-0.05, 0) is 48.9 Å². The van der Waals surface area contributed by atoms with E-state index in [1.807, 2.05) is 12.1 Å². The molecule has 2 heterocycles. The molecule has 2 fully saturated rings. The number of hydrogen-bond donors (Lipinski definition) is 2. The number of piperidine rings is 1. The van der Waals surface area contributed by atoms with Gasteiger partial charge in [-0.2, -0.15) is 16.9 Å². The zero-order chi connectivity index (χ0) is 18.2. The topological polar surface area (TPSA) is 49.4 Å². The highest BCUT2D eigenvalue weighted by Gasteiger charge is 2.43. The molecule has 0 amide bonds. The van der Waals surface area contributed by atoms with Crippen molar-refractivity contribution < 1.29 is 8.42 Å². The van der Waals surface area contributed by atoms with Crippen molar-refractivity contribution in [2.24, 2.45) is 0 Å². The molecule has 1 aromatic rings. The Hall–Kier alpha value is -0.560. The highest BCUT2D eigenvalue weighted by Crippen LogP contribution is 2.33. The number of sulfonamides is 1. The van der Waals surface area contributed by atoms with Crippen LogP contribution in [0.15, 0.2) is 29.2 Å². The van der Waals surface area contributed by atoms with Crippen LogP contribution < -0.4 is 5.32 Å². The molecule has 0 aromatic heterocycles. The van der Waals surface area contributed by atoms with Gasteiger partial charge in [0.1, 0.15) is 0 Å². The molecule has 6 heteroatoms. The van der Waals surface area contributed by atoms with Crippen LogP contribution in [0.5, 0.6) is 0 Å². The monoisotopic (exact) mass is 382 g/mol. The molecule has 0 saturated carbocycles. The first-order valence-corrected chi connectivity index (χ1v) is 11.2. The van der Waals surface area contributed by atoms with Gasteiger partial charge >= 0.3 is 0 Å². The van der Waals surface area contributed by atoms with Crippen LogP contribution >= 0.6 is 12.6 Å². The molecule has 2 aliphatic heterocycles. The molecule has 25 heavy (non-hydrogen) atoms. The lowest BCUT2D eigenvalue weighted by Gasteiger charge is -2.34. The van der Waals surface area contributed by atoms with Gasteiger partial charge in [-0.25, -0.2) is 8.42 Å². The zero-order valence-electron chi connectivity index (χ0n) is 15.4. The maximum absolute atomic E-state index is 13.3. The maximum atomic E-state index is 13.3. The molecule has 0 radical (unpaired) electrons.